The molecule has 0 aromatic heterocycles. The minimum absolute atomic E-state index is 0.000883. The molecule has 2 rings (SSSR count). The van der Waals surface area contributed by atoms with Gasteiger partial charge in [0.05, 0.1) is 11.6 Å². The van der Waals surface area contributed by atoms with Crippen molar-refractivity contribution in [1.82, 2.24) is 15.1 Å². The number of carbonyl (C=O) groups is 1. The van der Waals surface area contributed by atoms with E-state index in [4.69, 9.17) is 5.26 Å². The van der Waals surface area contributed by atoms with Crippen molar-refractivity contribution in [2.45, 2.75) is 12.6 Å². The maximum atomic E-state index is 13.9. The van der Waals surface area contributed by atoms with E-state index in [2.05, 4.69) is 5.32 Å². The van der Waals surface area contributed by atoms with E-state index in [0.717, 1.165) is 6.54 Å². The van der Waals surface area contributed by atoms with Crippen molar-refractivity contribution in [3.63, 3.8) is 0 Å². The van der Waals surface area contributed by atoms with Gasteiger partial charge in [0, 0.05) is 45.8 Å². The van der Waals surface area contributed by atoms with Gasteiger partial charge in [-0.3, -0.25) is 9.69 Å². The topological polar surface area (TPSA) is 59.4 Å². The van der Waals surface area contributed by atoms with E-state index in [1.165, 1.54) is 12.1 Å². The highest BCUT2D eigenvalue weighted by atomic mass is 19.1. The van der Waals surface area contributed by atoms with Crippen molar-refractivity contribution < 1.29 is 9.18 Å². The fourth-order valence-corrected chi connectivity index (χ4v) is 2.46. The van der Waals surface area contributed by atoms with Crippen molar-refractivity contribution in [3.05, 3.63) is 35.1 Å². The van der Waals surface area contributed by atoms with Crippen LogP contribution in [0.25, 0.3) is 0 Å². The van der Waals surface area contributed by atoms with Crippen molar-refractivity contribution in [3.8, 4) is 6.07 Å². The molecule has 1 atom stereocenters. The lowest BCUT2D eigenvalue weighted by atomic mass is 10.1. The number of halogens is 1. The lowest BCUT2D eigenvalue weighted by molar-refractivity contribution is -0.135. The highest BCUT2D eigenvalue weighted by Crippen LogP contribution is 2.16. The van der Waals surface area contributed by atoms with Gasteiger partial charge >= 0.3 is 0 Å². The zero-order valence-electron chi connectivity index (χ0n) is 12.3. The average molecular weight is 290 g/mol. The molecule has 1 N–H and O–H groups in total. The molecule has 1 aromatic carbocycles. The zero-order chi connectivity index (χ0) is 15.4. The maximum absolute atomic E-state index is 13.9. The Morgan fingerprint density at radius 3 is 3.00 bits per heavy atom. The summed E-state index contributed by atoms with van der Waals surface area (Å²) in [5.41, 5.74) is 0.879. The lowest BCUT2D eigenvalue weighted by Crippen LogP contribution is -2.57. The van der Waals surface area contributed by atoms with Gasteiger partial charge in [-0.15, -0.1) is 0 Å². The van der Waals surface area contributed by atoms with Crippen LogP contribution >= 0.6 is 0 Å². The Kier molecular flexibility index (Phi) is 4.89. The van der Waals surface area contributed by atoms with E-state index < -0.39 is 0 Å². The highest BCUT2D eigenvalue weighted by molar-refractivity contribution is 5.81. The Morgan fingerprint density at radius 1 is 1.57 bits per heavy atom. The molecule has 1 aromatic rings. The van der Waals surface area contributed by atoms with Crippen molar-refractivity contribution in [2.75, 3.05) is 33.7 Å². The molecule has 1 aliphatic rings. The van der Waals surface area contributed by atoms with Gasteiger partial charge in [0.1, 0.15) is 11.9 Å². The van der Waals surface area contributed by atoms with E-state index in [1.54, 1.807) is 25.1 Å². The molecule has 1 saturated heterocycles. The number of benzene rings is 1. The van der Waals surface area contributed by atoms with Crippen LogP contribution in [0.5, 0.6) is 0 Å². The average Bonchev–Trinajstić information content (AvgIpc) is 2.49. The van der Waals surface area contributed by atoms with Gasteiger partial charge in [0.2, 0.25) is 5.91 Å². The second kappa shape index (κ2) is 6.66. The summed E-state index contributed by atoms with van der Waals surface area (Å²) in [7, 11) is 3.43. The van der Waals surface area contributed by atoms with Crippen LogP contribution in [-0.2, 0) is 11.3 Å². The number of likely N-dealkylation sites (N-methyl/N-ethyl adjacent to an activating group) is 1. The quantitative estimate of drug-likeness (QED) is 0.883. The largest absolute Gasteiger partial charge is 0.347 e. The van der Waals surface area contributed by atoms with Crippen molar-refractivity contribution in [2.24, 2.45) is 0 Å². The number of piperazine rings is 1. The van der Waals surface area contributed by atoms with Gasteiger partial charge in [-0.2, -0.15) is 5.26 Å². The van der Waals surface area contributed by atoms with Crippen LogP contribution < -0.4 is 5.32 Å². The third-order valence-electron chi connectivity index (χ3n) is 3.63. The zero-order valence-corrected chi connectivity index (χ0v) is 12.3. The van der Waals surface area contributed by atoms with Crippen LogP contribution in [0.1, 0.15) is 11.1 Å². The number of nitrogens with one attached hydrogen (secondary N) is 1. The molecule has 1 aliphatic heterocycles. The van der Waals surface area contributed by atoms with Gasteiger partial charge in [-0.25, -0.2) is 4.39 Å². The van der Waals surface area contributed by atoms with Crippen LogP contribution in [0.2, 0.25) is 0 Å². The molecule has 1 fully saturated rings. The van der Waals surface area contributed by atoms with Crippen LogP contribution in [0.15, 0.2) is 18.2 Å². The summed E-state index contributed by atoms with van der Waals surface area (Å²) in [6.07, 6.45) is 0. The van der Waals surface area contributed by atoms with Gasteiger partial charge in [-0.1, -0.05) is 0 Å². The smallest absolute Gasteiger partial charge is 0.240 e. The van der Waals surface area contributed by atoms with Crippen molar-refractivity contribution >= 4 is 5.91 Å². The fraction of sp³-hybridized carbons (Fsp3) is 0.467. The van der Waals surface area contributed by atoms with E-state index in [0.29, 0.717) is 30.8 Å². The third-order valence-corrected chi connectivity index (χ3v) is 3.63. The van der Waals surface area contributed by atoms with Gasteiger partial charge in [0.25, 0.3) is 0 Å². The summed E-state index contributed by atoms with van der Waals surface area (Å²) >= 11 is 0. The second-order valence-electron chi connectivity index (χ2n) is 5.34. The Bertz CT molecular complexity index is 567. The molecule has 1 unspecified atom stereocenters. The van der Waals surface area contributed by atoms with Gasteiger partial charge in [-0.05, 0) is 18.2 Å². The van der Waals surface area contributed by atoms with Crippen LogP contribution in [0.4, 0.5) is 4.39 Å². The number of hydrogen-bond acceptors (Lipinski definition) is 4. The number of amides is 1. The molecule has 0 spiro atoms. The number of nitrogens with zero attached hydrogens (tertiary/aromatic N) is 3. The first kappa shape index (κ1) is 15.4. The highest BCUT2D eigenvalue weighted by Gasteiger charge is 2.30. The number of rotatable bonds is 3. The number of hydrogen-bond donors (Lipinski definition) is 1. The van der Waals surface area contributed by atoms with Gasteiger partial charge in [0.15, 0.2) is 0 Å². The predicted molar refractivity (Wildman–Crippen MR) is 76.9 cm³/mol. The molecule has 21 heavy (non-hydrogen) atoms. The van der Waals surface area contributed by atoms with Crippen molar-refractivity contribution in [1.29, 1.82) is 5.26 Å². The summed E-state index contributed by atoms with van der Waals surface area (Å²) in [4.78, 5) is 15.7. The number of carbonyl (C=O) groups excluding carboxylic acids is 1. The molecule has 0 saturated carbocycles. The molecule has 112 valence electrons. The molecule has 0 bridgehead atoms. The van der Waals surface area contributed by atoms with E-state index in [-0.39, 0.29) is 17.8 Å². The first-order chi connectivity index (χ1) is 10.0. The first-order valence-electron chi connectivity index (χ1n) is 6.87. The summed E-state index contributed by atoms with van der Waals surface area (Å²) in [6.45, 7) is 2.31. The molecule has 5 nitrogen and oxygen atoms in total. The minimum atomic E-state index is -0.344. The lowest BCUT2D eigenvalue weighted by Gasteiger charge is -2.36. The van der Waals surface area contributed by atoms with Crippen LogP contribution in [0, 0.1) is 17.1 Å². The summed E-state index contributed by atoms with van der Waals surface area (Å²) in [6, 6.07) is 6.02. The first-order valence-corrected chi connectivity index (χ1v) is 6.87. The Balaban J connectivity index is 2.20. The van der Waals surface area contributed by atoms with Crippen LogP contribution in [0.3, 0.4) is 0 Å². The molecule has 6 heteroatoms. The monoisotopic (exact) mass is 290 g/mol. The van der Waals surface area contributed by atoms with Crippen LogP contribution in [-0.4, -0.2) is 55.5 Å². The summed E-state index contributed by atoms with van der Waals surface area (Å²) in [5.74, 6) is -0.345. The van der Waals surface area contributed by atoms with E-state index >= 15 is 0 Å². The standard InChI is InChI=1S/C15H19FN4O/c1-19(2)15(21)14-9-18-5-6-20(14)10-12-7-11(8-17)3-4-13(12)16/h3-4,7,14,18H,5-6,9-10H2,1-2H3. The molecular formula is C15H19FN4O. The second-order valence-corrected chi connectivity index (χ2v) is 5.34. The summed E-state index contributed by atoms with van der Waals surface area (Å²) < 4.78 is 13.9. The predicted octanol–water partition coefficient (Wildman–Crippen LogP) is 0.559. The minimum Gasteiger partial charge on any atom is -0.347 e. The molecule has 1 amide bonds. The maximum Gasteiger partial charge on any atom is 0.240 e. The van der Waals surface area contributed by atoms with E-state index in [9.17, 15) is 9.18 Å². The molecule has 0 aliphatic carbocycles. The third kappa shape index (κ3) is 3.57. The van der Waals surface area contributed by atoms with Gasteiger partial charge < -0.3 is 10.2 Å². The Hall–Kier alpha value is -1.97. The molecular weight excluding hydrogens is 271 g/mol. The van der Waals surface area contributed by atoms with E-state index in [1.807, 2.05) is 11.0 Å². The Morgan fingerprint density at radius 2 is 2.33 bits per heavy atom. The SMILES string of the molecule is CN(C)C(=O)C1CNCCN1Cc1cc(C#N)ccc1F. The summed E-state index contributed by atoms with van der Waals surface area (Å²) in [5, 5.41) is 12.1. The molecule has 1 heterocycles. The number of nitriles is 1. The normalized spacial score (nSPS) is 19.0. The molecule has 0 radical (unpaired) electrons. The fourth-order valence-electron chi connectivity index (χ4n) is 2.46. The Labute approximate surface area is 123 Å².